The van der Waals surface area contributed by atoms with Crippen LogP contribution >= 0.6 is 11.3 Å². The first-order chi connectivity index (χ1) is 12.7. The monoisotopic (exact) mass is 367 g/mol. The number of nitro groups is 1. The van der Waals surface area contributed by atoms with Crippen molar-refractivity contribution in [1.29, 1.82) is 0 Å². The molecular formula is C17H13N5O3S. The summed E-state index contributed by atoms with van der Waals surface area (Å²) in [6.45, 7) is 0.188. The van der Waals surface area contributed by atoms with E-state index in [-0.39, 0.29) is 12.3 Å². The van der Waals surface area contributed by atoms with Crippen LogP contribution in [0.1, 0.15) is 22.7 Å². The third kappa shape index (κ3) is 2.39. The zero-order valence-electron chi connectivity index (χ0n) is 13.6. The third-order valence-electron chi connectivity index (χ3n) is 4.50. The second-order valence-electron chi connectivity index (χ2n) is 6.12. The predicted octanol–water partition coefficient (Wildman–Crippen LogP) is 3.31. The Labute approximate surface area is 151 Å². The number of thiophene rings is 1. The molecule has 5 rings (SSSR count). The van der Waals surface area contributed by atoms with E-state index in [1.807, 2.05) is 0 Å². The topological polar surface area (TPSA) is 95.5 Å². The van der Waals surface area contributed by atoms with Gasteiger partial charge >= 0.3 is 0 Å². The Bertz CT molecular complexity index is 1150. The smallest absolute Gasteiger partial charge is 0.269 e. The van der Waals surface area contributed by atoms with Gasteiger partial charge in [-0.3, -0.25) is 10.1 Å². The fourth-order valence-electron chi connectivity index (χ4n) is 3.31. The lowest BCUT2D eigenvalue weighted by atomic mass is 10.2. The van der Waals surface area contributed by atoms with Gasteiger partial charge in [0.2, 0.25) is 0 Å². The Hall–Kier alpha value is -3.07. The van der Waals surface area contributed by atoms with E-state index in [0.29, 0.717) is 11.6 Å². The standard InChI is InChI=1S/C17H13N5O3S/c23-22(24)10-4-6-11(7-5-10)25-8-14-19-16-15-12-2-1-3-13(12)26-17(15)18-9-21(16)20-14/h4-7,9H,1-3,8H2. The molecule has 1 aliphatic rings. The first-order valence-corrected chi connectivity index (χ1v) is 9.02. The first-order valence-electron chi connectivity index (χ1n) is 8.21. The maximum absolute atomic E-state index is 10.7. The predicted molar refractivity (Wildman–Crippen MR) is 95.6 cm³/mol. The molecule has 0 saturated carbocycles. The average molecular weight is 367 g/mol. The van der Waals surface area contributed by atoms with Crippen LogP contribution in [-0.4, -0.2) is 24.5 Å². The summed E-state index contributed by atoms with van der Waals surface area (Å²) < 4.78 is 7.36. The molecule has 0 saturated heterocycles. The molecule has 1 aliphatic carbocycles. The van der Waals surface area contributed by atoms with Gasteiger partial charge in [0.1, 0.15) is 23.5 Å². The van der Waals surface area contributed by atoms with Crippen LogP contribution in [0.5, 0.6) is 5.75 Å². The molecule has 0 radical (unpaired) electrons. The Balaban J connectivity index is 1.44. The fourth-order valence-corrected chi connectivity index (χ4v) is 4.53. The highest BCUT2D eigenvalue weighted by molar-refractivity contribution is 7.19. The van der Waals surface area contributed by atoms with Gasteiger partial charge < -0.3 is 4.74 Å². The van der Waals surface area contributed by atoms with Crippen LogP contribution in [0.15, 0.2) is 30.6 Å². The number of aryl methyl sites for hydroxylation is 2. The Kier molecular flexibility index (Phi) is 3.35. The van der Waals surface area contributed by atoms with Gasteiger partial charge in [-0.05, 0) is 37.0 Å². The average Bonchev–Trinajstić information content (AvgIpc) is 3.33. The van der Waals surface area contributed by atoms with Gasteiger partial charge in [0.15, 0.2) is 11.5 Å². The van der Waals surface area contributed by atoms with Gasteiger partial charge in [0, 0.05) is 17.0 Å². The number of nitro benzene ring substituents is 1. The number of hydrogen-bond donors (Lipinski definition) is 0. The molecule has 0 unspecified atom stereocenters. The van der Waals surface area contributed by atoms with Crippen molar-refractivity contribution in [3.63, 3.8) is 0 Å². The normalized spacial score (nSPS) is 13.4. The van der Waals surface area contributed by atoms with Crippen molar-refractivity contribution in [1.82, 2.24) is 19.6 Å². The minimum absolute atomic E-state index is 0.0305. The van der Waals surface area contributed by atoms with Gasteiger partial charge in [-0.2, -0.15) is 0 Å². The molecule has 4 aromatic rings. The molecule has 26 heavy (non-hydrogen) atoms. The minimum Gasteiger partial charge on any atom is -0.486 e. The summed E-state index contributed by atoms with van der Waals surface area (Å²) in [7, 11) is 0. The van der Waals surface area contributed by atoms with Gasteiger partial charge in [-0.1, -0.05) is 0 Å². The summed E-state index contributed by atoms with van der Waals surface area (Å²) >= 11 is 1.75. The number of non-ortho nitro benzene ring substituents is 1. The maximum atomic E-state index is 10.7. The Morgan fingerprint density at radius 3 is 2.92 bits per heavy atom. The molecule has 0 fully saturated rings. The molecule has 0 bridgehead atoms. The van der Waals surface area contributed by atoms with Crippen molar-refractivity contribution in [3.05, 3.63) is 57.0 Å². The number of hydrogen-bond acceptors (Lipinski definition) is 7. The van der Waals surface area contributed by atoms with Gasteiger partial charge in [-0.15, -0.1) is 16.4 Å². The van der Waals surface area contributed by atoms with Crippen LogP contribution in [0.3, 0.4) is 0 Å². The molecule has 130 valence electrons. The Morgan fingerprint density at radius 1 is 1.27 bits per heavy atom. The van der Waals surface area contributed by atoms with E-state index in [1.165, 1.54) is 29.0 Å². The van der Waals surface area contributed by atoms with E-state index in [0.717, 1.165) is 28.7 Å². The number of fused-ring (bicyclic) bond motifs is 5. The maximum Gasteiger partial charge on any atom is 0.269 e. The van der Waals surface area contributed by atoms with Crippen LogP contribution in [0.4, 0.5) is 5.69 Å². The van der Waals surface area contributed by atoms with Gasteiger partial charge in [-0.25, -0.2) is 14.5 Å². The van der Waals surface area contributed by atoms with E-state index in [2.05, 4.69) is 15.1 Å². The van der Waals surface area contributed by atoms with E-state index >= 15 is 0 Å². The summed E-state index contributed by atoms with van der Waals surface area (Å²) in [5.74, 6) is 1.09. The molecule has 9 heteroatoms. The molecule has 3 aromatic heterocycles. The largest absolute Gasteiger partial charge is 0.486 e. The summed E-state index contributed by atoms with van der Waals surface area (Å²) in [6, 6.07) is 5.96. The van der Waals surface area contributed by atoms with Crippen LogP contribution < -0.4 is 4.74 Å². The van der Waals surface area contributed by atoms with E-state index < -0.39 is 4.92 Å². The number of rotatable bonds is 4. The molecule has 0 spiro atoms. The van der Waals surface area contributed by atoms with Crippen molar-refractivity contribution in [2.75, 3.05) is 0 Å². The number of benzene rings is 1. The highest BCUT2D eigenvalue weighted by Gasteiger charge is 2.21. The molecule has 0 aliphatic heterocycles. The molecule has 3 heterocycles. The highest BCUT2D eigenvalue weighted by Crippen LogP contribution is 2.37. The second kappa shape index (κ2) is 5.73. The van der Waals surface area contributed by atoms with Crippen molar-refractivity contribution in [2.45, 2.75) is 25.9 Å². The fraction of sp³-hybridized carbons (Fsp3) is 0.235. The van der Waals surface area contributed by atoms with E-state index in [4.69, 9.17) is 4.74 Å². The third-order valence-corrected chi connectivity index (χ3v) is 5.70. The molecule has 0 amide bonds. The second-order valence-corrected chi connectivity index (χ2v) is 7.20. The van der Waals surface area contributed by atoms with Crippen LogP contribution in [0, 0.1) is 10.1 Å². The van der Waals surface area contributed by atoms with E-state index in [9.17, 15) is 10.1 Å². The van der Waals surface area contributed by atoms with Crippen LogP contribution in [-0.2, 0) is 19.4 Å². The SMILES string of the molecule is O=[N+]([O-])c1ccc(OCc2nc3c4c5c(sc4ncn3n2)CCC5)cc1. The molecular weight excluding hydrogens is 354 g/mol. The van der Waals surface area contributed by atoms with Crippen molar-refractivity contribution < 1.29 is 9.66 Å². The van der Waals surface area contributed by atoms with E-state index in [1.54, 1.807) is 34.3 Å². The molecule has 1 aromatic carbocycles. The number of nitrogens with zero attached hydrogens (tertiary/aromatic N) is 5. The number of ether oxygens (including phenoxy) is 1. The van der Waals surface area contributed by atoms with Crippen molar-refractivity contribution >= 4 is 32.9 Å². The summed E-state index contributed by atoms with van der Waals surface area (Å²) in [6.07, 6.45) is 5.05. The Morgan fingerprint density at radius 2 is 2.12 bits per heavy atom. The lowest BCUT2D eigenvalue weighted by molar-refractivity contribution is -0.384. The van der Waals surface area contributed by atoms with Crippen molar-refractivity contribution in [2.24, 2.45) is 0 Å². The first kappa shape index (κ1) is 15.2. The zero-order chi connectivity index (χ0) is 17.7. The zero-order valence-corrected chi connectivity index (χ0v) is 14.4. The van der Waals surface area contributed by atoms with Crippen molar-refractivity contribution in [3.8, 4) is 5.75 Å². The lowest BCUT2D eigenvalue weighted by Crippen LogP contribution is -1.98. The van der Waals surface area contributed by atoms with Crippen LogP contribution in [0.25, 0.3) is 15.9 Å². The number of aromatic nitrogens is 4. The minimum atomic E-state index is -0.439. The summed E-state index contributed by atoms with van der Waals surface area (Å²) in [5.41, 5.74) is 2.21. The van der Waals surface area contributed by atoms with Gasteiger partial charge in [0.25, 0.3) is 5.69 Å². The molecule has 8 nitrogen and oxygen atoms in total. The molecule has 0 N–H and O–H groups in total. The highest BCUT2D eigenvalue weighted by atomic mass is 32.1. The molecule has 0 atom stereocenters. The van der Waals surface area contributed by atoms with Gasteiger partial charge in [0.05, 0.1) is 10.3 Å². The van der Waals surface area contributed by atoms with Crippen LogP contribution in [0.2, 0.25) is 0 Å². The summed E-state index contributed by atoms with van der Waals surface area (Å²) in [5, 5.41) is 16.2. The lowest BCUT2D eigenvalue weighted by Gasteiger charge is -2.02. The quantitative estimate of drug-likeness (QED) is 0.406. The summed E-state index contributed by atoms with van der Waals surface area (Å²) in [4.78, 5) is 21.8.